The van der Waals surface area contributed by atoms with E-state index in [2.05, 4.69) is 10.6 Å². The number of carbonyl (C=O) groups is 1. The first-order valence-corrected chi connectivity index (χ1v) is 8.55. The summed E-state index contributed by atoms with van der Waals surface area (Å²) in [5, 5.41) is 5.82. The average Bonchev–Trinajstić information content (AvgIpc) is 2.84. The Kier molecular flexibility index (Phi) is 6.74. The predicted molar refractivity (Wildman–Crippen MR) is 75.4 cm³/mol. The Morgan fingerprint density at radius 1 is 1.37 bits per heavy atom. The molecule has 0 saturated carbocycles. The van der Waals surface area contributed by atoms with Crippen LogP contribution >= 0.6 is 0 Å². The summed E-state index contributed by atoms with van der Waals surface area (Å²) in [4.78, 5) is 12.0. The van der Waals surface area contributed by atoms with Gasteiger partial charge in [0.2, 0.25) is 15.9 Å². The summed E-state index contributed by atoms with van der Waals surface area (Å²) in [6.45, 7) is 3.72. The van der Waals surface area contributed by atoms with Crippen LogP contribution in [0.15, 0.2) is 0 Å². The van der Waals surface area contributed by atoms with Crippen LogP contribution in [-0.4, -0.2) is 57.1 Å². The van der Waals surface area contributed by atoms with Crippen LogP contribution < -0.4 is 10.6 Å². The van der Waals surface area contributed by atoms with Crippen molar-refractivity contribution in [3.63, 3.8) is 0 Å². The van der Waals surface area contributed by atoms with Gasteiger partial charge in [0.25, 0.3) is 0 Å². The SMILES string of the molecule is CCCS(=O)(=O)N1CCCC1C(=O)NCCCNC. The van der Waals surface area contributed by atoms with E-state index in [0.29, 0.717) is 25.9 Å². The summed E-state index contributed by atoms with van der Waals surface area (Å²) in [5.41, 5.74) is 0. The normalized spacial score (nSPS) is 20.6. The van der Waals surface area contributed by atoms with Crippen LogP contribution in [0.3, 0.4) is 0 Å². The largest absolute Gasteiger partial charge is 0.355 e. The molecule has 112 valence electrons. The lowest BCUT2D eigenvalue weighted by atomic mass is 10.2. The smallest absolute Gasteiger partial charge is 0.238 e. The van der Waals surface area contributed by atoms with Gasteiger partial charge in [-0.15, -0.1) is 0 Å². The average molecular weight is 291 g/mol. The van der Waals surface area contributed by atoms with Gasteiger partial charge >= 0.3 is 0 Å². The molecule has 1 aliphatic rings. The van der Waals surface area contributed by atoms with E-state index in [1.807, 2.05) is 14.0 Å². The minimum Gasteiger partial charge on any atom is -0.355 e. The van der Waals surface area contributed by atoms with Gasteiger partial charge in [0, 0.05) is 13.1 Å². The van der Waals surface area contributed by atoms with Crippen molar-refractivity contribution in [2.45, 2.75) is 38.6 Å². The summed E-state index contributed by atoms with van der Waals surface area (Å²) in [5.74, 6) is -0.0374. The number of hydrogen-bond donors (Lipinski definition) is 2. The van der Waals surface area contributed by atoms with Gasteiger partial charge in [-0.1, -0.05) is 6.92 Å². The topological polar surface area (TPSA) is 78.5 Å². The molecule has 1 rings (SSSR count). The van der Waals surface area contributed by atoms with Gasteiger partial charge in [-0.25, -0.2) is 8.42 Å². The molecule has 1 unspecified atom stereocenters. The number of sulfonamides is 1. The zero-order valence-corrected chi connectivity index (χ0v) is 12.6. The summed E-state index contributed by atoms with van der Waals surface area (Å²) < 4.78 is 25.5. The number of hydrogen-bond acceptors (Lipinski definition) is 4. The standard InChI is InChI=1S/C12H25N3O3S/c1-3-10-19(17,18)15-9-4-6-11(15)12(16)14-8-5-7-13-2/h11,13H,3-10H2,1-2H3,(H,14,16). The molecule has 7 heteroatoms. The van der Waals surface area contributed by atoms with Gasteiger partial charge in [-0.05, 0) is 39.3 Å². The Balaban J connectivity index is 2.54. The van der Waals surface area contributed by atoms with E-state index < -0.39 is 16.1 Å². The van der Waals surface area contributed by atoms with Crippen molar-refractivity contribution in [2.75, 3.05) is 32.4 Å². The first kappa shape index (κ1) is 16.4. The molecule has 1 fully saturated rings. The molecule has 0 spiro atoms. The fraction of sp³-hybridized carbons (Fsp3) is 0.917. The molecular formula is C12H25N3O3S. The maximum absolute atomic E-state index is 12.1. The maximum atomic E-state index is 12.1. The van der Waals surface area contributed by atoms with Crippen molar-refractivity contribution in [3.8, 4) is 0 Å². The summed E-state index contributed by atoms with van der Waals surface area (Å²) in [7, 11) is -1.42. The molecule has 0 aromatic rings. The third-order valence-corrected chi connectivity index (χ3v) is 5.30. The third-order valence-electron chi connectivity index (χ3n) is 3.23. The second-order valence-corrected chi connectivity index (χ2v) is 6.87. The minimum atomic E-state index is -3.28. The number of amides is 1. The Morgan fingerprint density at radius 2 is 2.11 bits per heavy atom. The van der Waals surface area contributed by atoms with Crippen LogP contribution in [0.2, 0.25) is 0 Å². The Bertz CT molecular complexity index is 384. The monoisotopic (exact) mass is 291 g/mol. The second-order valence-electron chi connectivity index (χ2n) is 4.83. The van der Waals surface area contributed by atoms with Crippen molar-refractivity contribution < 1.29 is 13.2 Å². The lowest BCUT2D eigenvalue weighted by Gasteiger charge is -2.23. The fourth-order valence-corrected chi connectivity index (χ4v) is 4.05. The molecule has 2 N–H and O–H groups in total. The highest BCUT2D eigenvalue weighted by atomic mass is 32.2. The molecule has 0 aromatic heterocycles. The molecule has 1 saturated heterocycles. The molecule has 6 nitrogen and oxygen atoms in total. The highest BCUT2D eigenvalue weighted by molar-refractivity contribution is 7.89. The summed E-state index contributed by atoms with van der Waals surface area (Å²) in [6, 6.07) is -0.508. The third kappa shape index (κ3) is 4.74. The van der Waals surface area contributed by atoms with Gasteiger partial charge in [0.1, 0.15) is 6.04 Å². The van der Waals surface area contributed by atoms with E-state index in [9.17, 15) is 13.2 Å². The van der Waals surface area contributed by atoms with Crippen molar-refractivity contribution in [1.82, 2.24) is 14.9 Å². The number of carbonyl (C=O) groups excluding carboxylic acids is 1. The zero-order chi connectivity index (χ0) is 14.3. The lowest BCUT2D eigenvalue weighted by molar-refractivity contribution is -0.124. The van der Waals surface area contributed by atoms with E-state index in [1.54, 1.807) is 0 Å². The number of nitrogens with one attached hydrogen (secondary N) is 2. The fourth-order valence-electron chi connectivity index (χ4n) is 2.30. The summed E-state index contributed by atoms with van der Waals surface area (Å²) >= 11 is 0. The van der Waals surface area contributed by atoms with E-state index >= 15 is 0 Å². The Hall–Kier alpha value is -0.660. The van der Waals surface area contributed by atoms with E-state index in [-0.39, 0.29) is 11.7 Å². The van der Waals surface area contributed by atoms with Crippen LogP contribution in [0.1, 0.15) is 32.6 Å². The molecule has 1 amide bonds. The predicted octanol–water partition coefficient (Wildman–Crippen LogP) is -0.0837. The van der Waals surface area contributed by atoms with E-state index in [4.69, 9.17) is 0 Å². The molecule has 0 aromatic carbocycles. The van der Waals surface area contributed by atoms with Crippen molar-refractivity contribution in [2.24, 2.45) is 0 Å². The Labute approximate surface area is 116 Å². The van der Waals surface area contributed by atoms with Crippen molar-refractivity contribution >= 4 is 15.9 Å². The van der Waals surface area contributed by atoms with E-state index in [0.717, 1.165) is 19.4 Å². The molecule has 1 atom stereocenters. The van der Waals surface area contributed by atoms with Gasteiger partial charge in [-0.3, -0.25) is 4.79 Å². The van der Waals surface area contributed by atoms with Crippen LogP contribution in [-0.2, 0) is 14.8 Å². The Morgan fingerprint density at radius 3 is 2.74 bits per heavy atom. The number of nitrogens with zero attached hydrogens (tertiary/aromatic N) is 1. The lowest BCUT2D eigenvalue weighted by Crippen LogP contribution is -2.46. The molecule has 1 aliphatic heterocycles. The van der Waals surface area contributed by atoms with Gasteiger partial charge < -0.3 is 10.6 Å². The van der Waals surface area contributed by atoms with Crippen molar-refractivity contribution in [1.29, 1.82) is 0 Å². The van der Waals surface area contributed by atoms with Gasteiger partial charge in [-0.2, -0.15) is 4.31 Å². The molecule has 1 heterocycles. The molecule has 0 bridgehead atoms. The molecule has 0 radical (unpaired) electrons. The minimum absolute atomic E-state index is 0.122. The van der Waals surface area contributed by atoms with Crippen molar-refractivity contribution in [3.05, 3.63) is 0 Å². The van der Waals surface area contributed by atoms with Crippen LogP contribution in [0.4, 0.5) is 0 Å². The molecule has 0 aliphatic carbocycles. The van der Waals surface area contributed by atoms with Crippen LogP contribution in [0.5, 0.6) is 0 Å². The van der Waals surface area contributed by atoms with Crippen LogP contribution in [0, 0.1) is 0 Å². The maximum Gasteiger partial charge on any atom is 0.238 e. The first-order chi connectivity index (χ1) is 9.03. The molecular weight excluding hydrogens is 266 g/mol. The highest BCUT2D eigenvalue weighted by Crippen LogP contribution is 2.21. The summed E-state index contributed by atoms with van der Waals surface area (Å²) in [6.07, 6.45) is 2.81. The zero-order valence-electron chi connectivity index (χ0n) is 11.8. The number of rotatable bonds is 8. The van der Waals surface area contributed by atoms with E-state index in [1.165, 1.54) is 4.31 Å². The second kappa shape index (κ2) is 7.81. The quantitative estimate of drug-likeness (QED) is 0.613. The van der Waals surface area contributed by atoms with Gasteiger partial charge in [0.05, 0.1) is 5.75 Å². The van der Waals surface area contributed by atoms with Crippen LogP contribution in [0.25, 0.3) is 0 Å². The molecule has 19 heavy (non-hydrogen) atoms. The first-order valence-electron chi connectivity index (χ1n) is 6.94. The van der Waals surface area contributed by atoms with Gasteiger partial charge in [0.15, 0.2) is 0 Å². The highest BCUT2D eigenvalue weighted by Gasteiger charge is 2.37.